The van der Waals surface area contributed by atoms with Crippen LogP contribution < -0.4 is 0 Å². The van der Waals surface area contributed by atoms with Gasteiger partial charge in [-0.05, 0) is 74.2 Å². The lowest BCUT2D eigenvalue weighted by atomic mass is 9.46. The minimum atomic E-state index is -0.126. The molecule has 4 aliphatic rings. The van der Waals surface area contributed by atoms with Crippen LogP contribution >= 0.6 is 0 Å². The van der Waals surface area contributed by atoms with Crippen LogP contribution in [0.25, 0.3) is 5.70 Å². The number of carbonyl (C=O) groups is 1. The fourth-order valence-corrected chi connectivity index (χ4v) is 7.20. The standard InChI is InChI=1S/C23H31N3O2/c1-15(27)28-17-8-10-22(2)16(14-17)4-5-18-19-6-7-21(26-13-12-24-25-26)23(19,3)11-9-20(18)22/h6-7,12-13,16-18,20H,4-5,8-11,14H2,1-3H3/t16?,17-,18-,20-,22-,23-/m0/s1. The quantitative estimate of drug-likeness (QED) is 0.701. The minimum absolute atomic E-state index is 0.0903. The highest BCUT2D eigenvalue weighted by molar-refractivity contribution is 5.66. The molecule has 0 spiro atoms. The van der Waals surface area contributed by atoms with Crippen molar-refractivity contribution < 1.29 is 9.53 Å². The summed E-state index contributed by atoms with van der Waals surface area (Å²) in [5.41, 5.74) is 3.37. The van der Waals surface area contributed by atoms with Crippen molar-refractivity contribution in [3.05, 3.63) is 30.1 Å². The summed E-state index contributed by atoms with van der Waals surface area (Å²) in [7, 11) is 0. The van der Waals surface area contributed by atoms with E-state index in [1.165, 1.54) is 37.8 Å². The van der Waals surface area contributed by atoms with Crippen molar-refractivity contribution >= 4 is 11.7 Å². The number of allylic oxidation sites excluding steroid dienone is 4. The molecule has 150 valence electrons. The van der Waals surface area contributed by atoms with Crippen molar-refractivity contribution in [2.45, 2.75) is 71.8 Å². The van der Waals surface area contributed by atoms with Crippen LogP contribution in [0.2, 0.25) is 0 Å². The van der Waals surface area contributed by atoms with Crippen LogP contribution in [0, 0.1) is 28.6 Å². The number of nitrogens with zero attached hydrogens (tertiary/aromatic N) is 3. The molecule has 0 aliphatic heterocycles. The fraction of sp³-hybridized carbons (Fsp3) is 0.696. The molecule has 28 heavy (non-hydrogen) atoms. The largest absolute Gasteiger partial charge is 0.463 e. The molecule has 1 heterocycles. The third-order valence-corrected chi connectivity index (χ3v) is 8.62. The normalized spacial score (nSPS) is 42.0. The molecule has 4 aliphatic carbocycles. The Hall–Kier alpha value is -1.91. The van der Waals surface area contributed by atoms with Crippen LogP contribution in [0.5, 0.6) is 0 Å². The van der Waals surface area contributed by atoms with Crippen molar-refractivity contribution in [2.75, 3.05) is 0 Å². The average molecular weight is 382 g/mol. The number of ether oxygens (including phenoxy) is 1. The van der Waals surface area contributed by atoms with Gasteiger partial charge in [-0.2, -0.15) is 0 Å². The molecule has 0 saturated heterocycles. The number of hydrogen-bond donors (Lipinski definition) is 0. The third-order valence-electron chi connectivity index (χ3n) is 8.62. The first kappa shape index (κ1) is 18.1. The molecule has 0 amide bonds. The third kappa shape index (κ3) is 2.54. The second-order valence-electron chi connectivity index (χ2n) is 9.89. The van der Waals surface area contributed by atoms with E-state index in [0.717, 1.165) is 18.8 Å². The van der Waals surface area contributed by atoms with Gasteiger partial charge in [0.05, 0.1) is 18.1 Å². The van der Waals surface area contributed by atoms with Gasteiger partial charge in [0.15, 0.2) is 0 Å². The molecule has 3 fully saturated rings. The number of fused-ring (bicyclic) bond motifs is 5. The van der Waals surface area contributed by atoms with E-state index >= 15 is 0 Å². The number of carbonyl (C=O) groups excluding carboxylic acids is 1. The number of hydrogen-bond acceptors (Lipinski definition) is 4. The highest BCUT2D eigenvalue weighted by atomic mass is 16.5. The molecule has 1 unspecified atom stereocenters. The molecule has 5 nitrogen and oxygen atoms in total. The molecule has 5 heteroatoms. The fourth-order valence-electron chi connectivity index (χ4n) is 7.20. The van der Waals surface area contributed by atoms with Gasteiger partial charge in [-0.3, -0.25) is 4.79 Å². The summed E-state index contributed by atoms with van der Waals surface area (Å²) >= 11 is 0. The Balaban J connectivity index is 1.38. The average Bonchev–Trinajstić information content (AvgIpc) is 3.28. The summed E-state index contributed by atoms with van der Waals surface area (Å²) in [6, 6.07) is 0. The highest BCUT2D eigenvalue weighted by Gasteiger charge is 2.57. The molecule has 1 aromatic rings. The van der Waals surface area contributed by atoms with Gasteiger partial charge in [-0.15, -0.1) is 5.10 Å². The molecule has 1 aromatic heterocycles. The highest BCUT2D eigenvalue weighted by Crippen LogP contribution is 2.65. The van der Waals surface area contributed by atoms with Gasteiger partial charge >= 0.3 is 5.97 Å². The van der Waals surface area contributed by atoms with Crippen molar-refractivity contribution in [2.24, 2.45) is 28.6 Å². The zero-order chi connectivity index (χ0) is 19.5. The smallest absolute Gasteiger partial charge is 0.302 e. The van der Waals surface area contributed by atoms with E-state index < -0.39 is 0 Å². The Bertz CT molecular complexity index is 842. The predicted molar refractivity (Wildman–Crippen MR) is 107 cm³/mol. The first-order valence-corrected chi connectivity index (χ1v) is 10.9. The second kappa shape index (κ2) is 6.30. The van der Waals surface area contributed by atoms with Crippen LogP contribution in [0.1, 0.15) is 65.7 Å². The lowest BCUT2D eigenvalue weighted by Gasteiger charge is -2.59. The van der Waals surface area contributed by atoms with E-state index in [4.69, 9.17) is 4.74 Å². The first-order chi connectivity index (χ1) is 13.4. The molecule has 0 radical (unpaired) electrons. The summed E-state index contributed by atoms with van der Waals surface area (Å²) in [6.45, 7) is 6.48. The lowest BCUT2D eigenvalue weighted by Crippen LogP contribution is -2.52. The maximum absolute atomic E-state index is 11.4. The van der Waals surface area contributed by atoms with Crippen LogP contribution in [0.15, 0.2) is 30.1 Å². The van der Waals surface area contributed by atoms with Gasteiger partial charge in [-0.1, -0.05) is 30.7 Å². The molecule has 0 aromatic carbocycles. The van der Waals surface area contributed by atoms with E-state index in [-0.39, 0.29) is 17.5 Å². The maximum atomic E-state index is 11.4. The predicted octanol–water partition coefficient (Wildman–Crippen LogP) is 4.62. The maximum Gasteiger partial charge on any atom is 0.302 e. The molecular weight excluding hydrogens is 350 g/mol. The monoisotopic (exact) mass is 381 g/mol. The van der Waals surface area contributed by atoms with E-state index in [0.29, 0.717) is 17.3 Å². The van der Waals surface area contributed by atoms with Crippen molar-refractivity contribution in [3.63, 3.8) is 0 Å². The molecule has 6 atom stereocenters. The second-order valence-corrected chi connectivity index (χ2v) is 9.89. The van der Waals surface area contributed by atoms with Crippen molar-refractivity contribution in [1.29, 1.82) is 0 Å². The molecular formula is C23H31N3O2. The first-order valence-electron chi connectivity index (χ1n) is 10.9. The topological polar surface area (TPSA) is 57.0 Å². The molecule has 0 bridgehead atoms. The Morgan fingerprint density at radius 2 is 2.04 bits per heavy atom. The van der Waals surface area contributed by atoms with Gasteiger partial charge in [0.1, 0.15) is 6.10 Å². The minimum Gasteiger partial charge on any atom is -0.463 e. The van der Waals surface area contributed by atoms with Gasteiger partial charge < -0.3 is 4.74 Å². The summed E-state index contributed by atoms with van der Waals surface area (Å²) in [5, 5.41) is 8.30. The van der Waals surface area contributed by atoms with E-state index in [9.17, 15) is 4.79 Å². The summed E-state index contributed by atoms with van der Waals surface area (Å²) in [4.78, 5) is 11.4. The molecule has 3 saturated carbocycles. The SMILES string of the molecule is CC(=O)O[C@H]1CC[C@@]2(C)C(CC[C@H]3C4=CC=C(n5ccnn5)[C@@]4(C)CC[C@@H]32)C1. The van der Waals surface area contributed by atoms with Crippen LogP contribution in [-0.4, -0.2) is 27.1 Å². The Morgan fingerprint density at radius 1 is 1.18 bits per heavy atom. The molecule has 5 rings (SSSR count). The van der Waals surface area contributed by atoms with Gasteiger partial charge in [0.2, 0.25) is 0 Å². The van der Waals surface area contributed by atoms with E-state index in [1.807, 2.05) is 10.9 Å². The summed E-state index contributed by atoms with van der Waals surface area (Å²) in [5.74, 6) is 1.97. The number of rotatable bonds is 2. The Labute approximate surface area is 167 Å². The summed E-state index contributed by atoms with van der Waals surface area (Å²) in [6.07, 6.45) is 16.8. The number of esters is 1. The van der Waals surface area contributed by atoms with Crippen LogP contribution in [0.4, 0.5) is 0 Å². The van der Waals surface area contributed by atoms with Crippen LogP contribution in [-0.2, 0) is 9.53 Å². The zero-order valence-electron chi connectivity index (χ0n) is 17.2. The van der Waals surface area contributed by atoms with Crippen molar-refractivity contribution in [1.82, 2.24) is 15.0 Å². The molecule has 0 N–H and O–H groups in total. The van der Waals surface area contributed by atoms with Crippen LogP contribution in [0.3, 0.4) is 0 Å². The Kier molecular flexibility index (Phi) is 4.08. The van der Waals surface area contributed by atoms with Gasteiger partial charge in [0, 0.05) is 12.3 Å². The zero-order valence-corrected chi connectivity index (χ0v) is 17.2. The van der Waals surface area contributed by atoms with Gasteiger partial charge in [0.25, 0.3) is 0 Å². The lowest BCUT2D eigenvalue weighted by molar-refractivity contribution is -0.154. The Morgan fingerprint density at radius 3 is 2.79 bits per heavy atom. The van der Waals surface area contributed by atoms with E-state index in [1.54, 1.807) is 18.7 Å². The summed E-state index contributed by atoms with van der Waals surface area (Å²) < 4.78 is 7.55. The van der Waals surface area contributed by atoms with Crippen molar-refractivity contribution in [3.8, 4) is 0 Å². The van der Waals surface area contributed by atoms with E-state index in [2.05, 4.69) is 36.3 Å². The number of aromatic nitrogens is 3. The van der Waals surface area contributed by atoms with Gasteiger partial charge in [-0.25, -0.2) is 4.68 Å².